The summed E-state index contributed by atoms with van der Waals surface area (Å²) in [6.45, 7) is 3.75. The fourth-order valence-corrected chi connectivity index (χ4v) is 5.90. The molecule has 0 aromatic heterocycles. The first-order valence-corrected chi connectivity index (χ1v) is 12.5. The topological polar surface area (TPSA) is 96.8 Å². The molecule has 3 amide bonds. The third-order valence-corrected chi connectivity index (χ3v) is 8.04. The van der Waals surface area contributed by atoms with E-state index in [0.717, 1.165) is 45.2 Å². The molecule has 3 aliphatic rings. The Morgan fingerprint density at radius 2 is 1.94 bits per heavy atom. The minimum absolute atomic E-state index is 0.0218. The second-order valence-corrected chi connectivity index (χ2v) is 10.2. The van der Waals surface area contributed by atoms with Crippen LogP contribution < -0.4 is 5.32 Å². The van der Waals surface area contributed by atoms with Gasteiger partial charge in [-0.1, -0.05) is 6.07 Å². The van der Waals surface area contributed by atoms with Crippen LogP contribution in [0.25, 0.3) is 0 Å². The van der Waals surface area contributed by atoms with E-state index in [-0.39, 0.29) is 48.3 Å². The fourth-order valence-electron chi connectivity index (χ4n) is 5.90. The molecule has 8 nitrogen and oxygen atoms in total. The molecule has 1 aliphatic carbocycles. The highest BCUT2D eigenvalue weighted by Gasteiger charge is 2.43. The summed E-state index contributed by atoms with van der Waals surface area (Å²) in [5.41, 5.74) is 0.559. The van der Waals surface area contributed by atoms with Gasteiger partial charge < -0.3 is 14.7 Å². The van der Waals surface area contributed by atoms with Crippen molar-refractivity contribution >= 4 is 17.7 Å². The normalized spacial score (nSPS) is 25.1. The van der Waals surface area contributed by atoms with Crippen LogP contribution in [0.5, 0.6) is 0 Å². The predicted octanol–water partition coefficient (Wildman–Crippen LogP) is 2.09. The minimum atomic E-state index is -0.605. The lowest BCUT2D eigenvalue weighted by Crippen LogP contribution is -2.60. The summed E-state index contributed by atoms with van der Waals surface area (Å²) in [7, 11) is 1.63. The second kappa shape index (κ2) is 10.7. The lowest BCUT2D eigenvalue weighted by Gasteiger charge is -2.46. The molecule has 1 aromatic rings. The zero-order valence-electron chi connectivity index (χ0n) is 20.5. The number of fused-ring (bicyclic) bond motifs is 1. The van der Waals surface area contributed by atoms with Crippen molar-refractivity contribution in [2.75, 3.05) is 33.4 Å². The SMILES string of the molecule is CC(=O)N1CCC(C2CCC3NCN(CC(=O)N(C)Cc4ccc(C#N)c(F)c4)C(=O)C3C2)CC1. The average molecular weight is 484 g/mol. The number of benzene rings is 1. The summed E-state index contributed by atoms with van der Waals surface area (Å²) in [6, 6.07) is 6.25. The maximum atomic E-state index is 13.9. The molecule has 1 N–H and O–H groups in total. The van der Waals surface area contributed by atoms with Gasteiger partial charge in [0.05, 0.1) is 18.2 Å². The highest BCUT2D eigenvalue weighted by atomic mass is 19.1. The Kier molecular flexibility index (Phi) is 7.70. The Hall–Kier alpha value is -2.99. The molecule has 0 bridgehead atoms. The summed E-state index contributed by atoms with van der Waals surface area (Å²) >= 11 is 0. The average Bonchev–Trinajstić information content (AvgIpc) is 2.85. The van der Waals surface area contributed by atoms with Gasteiger partial charge in [0.25, 0.3) is 0 Å². The van der Waals surface area contributed by atoms with Crippen LogP contribution >= 0.6 is 0 Å². The number of halogens is 1. The molecule has 1 aromatic carbocycles. The Bertz CT molecular complexity index is 1020. The van der Waals surface area contributed by atoms with Gasteiger partial charge in [0, 0.05) is 39.6 Å². The molecule has 3 atom stereocenters. The molecule has 35 heavy (non-hydrogen) atoms. The minimum Gasteiger partial charge on any atom is -0.343 e. The Morgan fingerprint density at radius 3 is 2.60 bits per heavy atom. The van der Waals surface area contributed by atoms with Crippen LogP contribution in [0.3, 0.4) is 0 Å². The highest BCUT2D eigenvalue weighted by Crippen LogP contribution is 2.40. The van der Waals surface area contributed by atoms with Gasteiger partial charge in [-0.15, -0.1) is 0 Å². The van der Waals surface area contributed by atoms with Gasteiger partial charge in [-0.2, -0.15) is 5.26 Å². The van der Waals surface area contributed by atoms with Crippen LogP contribution in [-0.2, 0) is 20.9 Å². The Morgan fingerprint density at radius 1 is 1.20 bits per heavy atom. The van der Waals surface area contributed by atoms with E-state index >= 15 is 0 Å². The first-order chi connectivity index (χ1) is 16.8. The first-order valence-electron chi connectivity index (χ1n) is 12.5. The molecule has 3 unspecified atom stereocenters. The number of likely N-dealkylation sites (tertiary alicyclic amines) is 1. The lowest BCUT2D eigenvalue weighted by atomic mass is 9.69. The van der Waals surface area contributed by atoms with Crippen LogP contribution in [-0.4, -0.2) is 71.8 Å². The van der Waals surface area contributed by atoms with Gasteiger partial charge in [0.2, 0.25) is 17.7 Å². The molecule has 188 valence electrons. The molecular formula is C26H34FN5O3. The molecule has 2 saturated heterocycles. The van der Waals surface area contributed by atoms with E-state index in [9.17, 15) is 18.8 Å². The van der Waals surface area contributed by atoms with Crippen LogP contribution in [0.15, 0.2) is 18.2 Å². The van der Waals surface area contributed by atoms with Crippen LogP contribution in [0.2, 0.25) is 0 Å². The summed E-state index contributed by atoms with van der Waals surface area (Å²) in [5.74, 6) is 0.229. The van der Waals surface area contributed by atoms with Crippen molar-refractivity contribution in [3.05, 3.63) is 35.1 Å². The van der Waals surface area contributed by atoms with E-state index in [1.54, 1.807) is 31.0 Å². The zero-order chi connectivity index (χ0) is 25.1. The van der Waals surface area contributed by atoms with Gasteiger partial charge in [0.15, 0.2) is 0 Å². The van der Waals surface area contributed by atoms with Gasteiger partial charge in [-0.25, -0.2) is 4.39 Å². The van der Waals surface area contributed by atoms with Gasteiger partial charge in [-0.05, 0) is 61.6 Å². The number of carbonyl (C=O) groups is 3. The number of nitrogens with one attached hydrogen (secondary N) is 1. The number of hydrogen-bond donors (Lipinski definition) is 1. The Balaban J connectivity index is 1.32. The van der Waals surface area contributed by atoms with E-state index in [2.05, 4.69) is 5.32 Å². The number of nitriles is 1. The first kappa shape index (κ1) is 25.1. The molecule has 0 radical (unpaired) electrons. The van der Waals surface area contributed by atoms with Crippen molar-refractivity contribution in [2.45, 2.75) is 51.6 Å². The van der Waals surface area contributed by atoms with Crippen LogP contribution in [0.1, 0.15) is 50.2 Å². The summed E-state index contributed by atoms with van der Waals surface area (Å²) in [5, 5.41) is 12.3. The summed E-state index contributed by atoms with van der Waals surface area (Å²) in [6.07, 6.45) is 4.86. The smallest absolute Gasteiger partial charge is 0.242 e. The number of amides is 3. The van der Waals surface area contributed by atoms with E-state index in [1.165, 1.54) is 17.0 Å². The van der Waals surface area contributed by atoms with Crippen molar-refractivity contribution in [3.63, 3.8) is 0 Å². The van der Waals surface area contributed by atoms with Crippen LogP contribution in [0, 0.1) is 34.9 Å². The summed E-state index contributed by atoms with van der Waals surface area (Å²) < 4.78 is 13.9. The summed E-state index contributed by atoms with van der Waals surface area (Å²) in [4.78, 5) is 42.8. The molecule has 4 rings (SSSR count). The van der Waals surface area contributed by atoms with Gasteiger partial charge in [-0.3, -0.25) is 19.7 Å². The van der Waals surface area contributed by atoms with E-state index in [4.69, 9.17) is 5.26 Å². The zero-order valence-corrected chi connectivity index (χ0v) is 20.5. The van der Waals surface area contributed by atoms with Crippen molar-refractivity contribution in [3.8, 4) is 6.07 Å². The molecule has 2 heterocycles. The largest absolute Gasteiger partial charge is 0.343 e. The van der Waals surface area contributed by atoms with E-state index < -0.39 is 5.82 Å². The van der Waals surface area contributed by atoms with Crippen molar-refractivity contribution < 1.29 is 18.8 Å². The number of likely N-dealkylation sites (N-methyl/N-ethyl adjacent to an activating group) is 1. The number of rotatable bonds is 5. The molecule has 3 fully saturated rings. The molecular weight excluding hydrogens is 449 g/mol. The second-order valence-electron chi connectivity index (χ2n) is 10.2. The van der Waals surface area contributed by atoms with Gasteiger partial charge >= 0.3 is 0 Å². The maximum absolute atomic E-state index is 13.9. The maximum Gasteiger partial charge on any atom is 0.242 e. The van der Waals surface area contributed by atoms with E-state index in [0.29, 0.717) is 24.1 Å². The number of piperidine rings is 1. The fraction of sp³-hybridized carbons (Fsp3) is 0.615. The Labute approximate surface area is 206 Å². The number of carbonyl (C=O) groups excluding carboxylic acids is 3. The van der Waals surface area contributed by atoms with E-state index in [1.807, 2.05) is 4.90 Å². The molecule has 1 saturated carbocycles. The highest BCUT2D eigenvalue weighted by molar-refractivity contribution is 5.86. The molecule has 2 aliphatic heterocycles. The van der Waals surface area contributed by atoms with Crippen molar-refractivity contribution in [2.24, 2.45) is 17.8 Å². The van der Waals surface area contributed by atoms with Crippen molar-refractivity contribution in [1.82, 2.24) is 20.0 Å². The van der Waals surface area contributed by atoms with Crippen LogP contribution in [0.4, 0.5) is 4.39 Å². The third kappa shape index (κ3) is 5.64. The number of hydrogen-bond acceptors (Lipinski definition) is 5. The number of nitrogens with zero attached hydrogens (tertiary/aromatic N) is 4. The van der Waals surface area contributed by atoms with Gasteiger partial charge in [0.1, 0.15) is 18.4 Å². The standard InChI is InChI=1S/C26H34FN5O3/c1-17(33)31-9-7-19(8-10-31)20-5-6-24-22(12-20)26(35)32(16-29-24)15-25(34)30(2)14-18-3-4-21(13-28)23(27)11-18/h3-4,11,19-20,22,24,29H,5-10,12,14-16H2,1-2H3. The molecule has 0 spiro atoms. The quantitative estimate of drug-likeness (QED) is 0.692. The monoisotopic (exact) mass is 483 g/mol. The lowest BCUT2D eigenvalue weighted by molar-refractivity contribution is -0.148. The molecule has 9 heteroatoms. The predicted molar refractivity (Wildman–Crippen MR) is 127 cm³/mol. The third-order valence-electron chi connectivity index (χ3n) is 8.04. The van der Waals surface area contributed by atoms with Crippen molar-refractivity contribution in [1.29, 1.82) is 5.26 Å².